The molecule has 0 heterocycles. The van der Waals surface area contributed by atoms with Gasteiger partial charge in [-0.05, 0) is 18.2 Å². The first-order chi connectivity index (χ1) is 6.67. The maximum Gasteiger partial charge on any atom is 0.164 e. The van der Waals surface area contributed by atoms with Crippen LogP contribution >= 0.6 is 27.5 Å². The second-order valence-corrected chi connectivity index (χ2v) is 4.05. The van der Waals surface area contributed by atoms with E-state index in [0.717, 1.165) is 4.47 Å². The largest absolute Gasteiger partial charge is 0.298 e. The van der Waals surface area contributed by atoms with Crippen LogP contribution in [-0.4, -0.2) is 17.9 Å². The molecule has 1 aromatic rings. The molecule has 0 fully saturated rings. The zero-order valence-electron chi connectivity index (χ0n) is 7.30. The van der Waals surface area contributed by atoms with E-state index in [0.29, 0.717) is 23.3 Å². The number of rotatable bonds is 4. The molecule has 0 aliphatic carbocycles. The van der Waals surface area contributed by atoms with E-state index < -0.39 is 0 Å². The van der Waals surface area contributed by atoms with Crippen LogP contribution < -0.4 is 0 Å². The van der Waals surface area contributed by atoms with Crippen molar-refractivity contribution >= 4 is 39.6 Å². The number of alkyl halides is 1. The molecule has 0 N–H and O–H groups in total. The zero-order chi connectivity index (χ0) is 10.6. The predicted octanol–water partition coefficient (Wildman–Crippen LogP) is 3.07. The molecule has 4 heteroatoms. The Morgan fingerprint density at radius 2 is 2.14 bits per heavy atom. The summed E-state index contributed by atoms with van der Waals surface area (Å²) in [5, 5.41) is 0. The van der Waals surface area contributed by atoms with Crippen LogP contribution in [0.1, 0.15) is 27.1 Å². The number of hydrogen-bond acceptors (Lipinski definition) is 2. The molecule has 1 aromatic carbocycles. The van der Waals surface area contributed by atoms with Gasteiger partial charge in [0.1, 0.15) is 6.29 Å². The highest BCUT2D eigenvalue weighted by molar-refractivity contribution is 9.10. The molecule has 0 radical (unpaired) electrons. The highest BCUT2D eigenvalue weighted by Crippen LogP contribution is 2.16. The average Bonchev–Trinajstić information content (AvgIpc) is 2.17. The molecule has 0 unspecified atom stereocenters. The molecule has 0 aliphatic heterocycles. The lowest BCUT2D eigenvalue weighted by atomic mass is 10.1. The first-order valence-corrected chi connectivity index (χ1v) is 5.35. The highest BCUT2D eigenvalue weighted by Gasteiger charge is 2.07. The van der Waals surface area contributed by atoms with Crippen LogP contribution in [0.4, 0.5) is 0 Å². The van der Waals surface area contributed by atoms with Crippen LogP contribution in [0, 0.1) is 0 Å². The molecule has 0 aromatic heterocycles. The number of carbonyl (C=O) groups is 2. The average molecular weight is 276 g/mol. The van der Waals surface area contributed by atoms with E-state index in [1.54, 1.807) is 18.2 Å². The van der Waals surface area contributed by atoms with Crippen LogP contribution in [0.2, 0.25) is 0 Å². The fourth-order valence-corrected chi connectivity index (χ4v) is 1.75. The number of carbonyl (C=O) groups excluding carboxylic acids is 2. The van der Waals surface area contributed by atoms with Crippen molar-refractivity contribution in [2.24, 2.45) is 0 Å². The maximum absolute atomic E-state index is 11.4. The van der Waals surface area contributed by atoms with E-state index >= 15 is 0 Å². The number of Topliss-reactive ketones (excluding diaryl/α,β-unsaturated/α-hetero) is 1. The Morgan fingerprint density at radius 3 is 2.71 bits per heavy atom. The number of halogens is 2. The fourth-order valence-electron chi connectivity index (χ4n) is 1.07. The number of aldehydes is 1. The van der Waals surface area contributed by atoms with Crippen molar-refractivity contribution < 1.29 is 9.59 Å². The van der Waals surface area contributed by atoms with Gasteiger partial charge in [-0.1, -0.05) is 15.9 Å². The Hall–Kier alpha value is -0.670. The van der Waals surface area contributed by atoms with Gasteiger partial charge < -0.3 is 0 Å². The highest BCUT2D eigenvalue weighted by atomic mass is 79.9. The Bertz CT molecular complexity index is 363. The quantitative estimate of drug-likeness (QED) is 0.481. The monoisotopic (exact) mass is 274 g/mol. The van der Waals surface area contributed by atoms with E-state index in [2.05, 4.69) is 15.9 Å². The van der Waals surface area contributed by atoms with E-state index in [4.69, 9.17) is 11.6 Å². The van der Waals surface area contributed by atoms with Crippen LogP contribution in [-0.2, 0) is 0 Å². The third-order valence-electron chi connectivity index (χ3n) is 1.70. The molecule has 0 bridgehead atoms. The lowest BCUT2D eigenvalue weighted by Crippen LogP contribution is -2.00. The van der Waals surface area contributed by atoms with Gasteiger partial charge in [0.25, 0.3) is 0 Å². The molecule has 0 amide bonds. The summed E-state index contributed by atoms with van der Waals surface area (Å²) in [5.74, 6) is 0.242. The van der Waals surface area contributed by atoms with Gasteiger partial charge in [0, 0.05) is 27.9 Å². The van der Waals surface area contributed by atoms with Crippen molar-refractivity contribution in [3.8, 4) is 0 Å². The number of hydrogen-bond donors (Lipinski definition) is 0. The fraction of sp³-hybridized carbons (Fsp3) is 0.200. The van der Waals surface area contributed by atoms with Gasteiger partial charge >= 0.3 is 0 Å². The lowest BCUT2D eigenvalue weighted by Gasteiger charge is -2.00. The van der Waals surface area contributed by atoms with Crippen LogP contribution in [0.3, 0.4) is 0 Å². The molecule has 0 atom stereocenters. The zero-order valence-corrected chi connectivity index (χ0v) is 9.64. The smallest absolute Gasteiger partial charge is 0.164 e. The van der Waals surface area contributed by atoms with Crippen LogP contribution in [0.15, 0.2) is 22.7 Å². The number of ketones is 1. The lowest BCUT2D eigenvalue weighted by molar-refractivity contribution is 0.0989. The van der Waals surface area contributed by atoms with Crippen molar-refractivity contribution in [3.05, 3.63) is 33.8 Å². The van der Waals surface area contributed by atoms with E-state index in [9.17, 15) is 9.59 Å². The molecular weight excluding hydrogens is 267 g/mol. The third kappa shape index (κ3) is 2.93. The summed E-state index contributed by atoms with van der Waals surface area (Å²) < 4.78 is 0.722. The summed E-state index contributed by atoms with van der Waals surface area (Å²) in [6.07, 6.45) is 0.999. The summed E-state index contributed by atoms with van der Waals surface area (Å²) in [5.41, 5.74) is 0.999. The molecule has 0 saturated carbocycles. The Balaban J connectivity index is 3.02. The summed E-state index contributed by atoms with van der Waals surface area (Å²) in [7, 11) is 0. The van der Waals surface area contributed by atoms with Gasteiger partial charge in [0.15, 0.2) is 5.78 Å². The topological polar surface area (TPSA) is 34.1 Å². The van der Waals surface area contributed by atoms with Gasteiger partial charge in [0.2, 0.25) is 0 Å². The van der Waals surface area contributed by atoms with Gasteiger partial charge in [0.05, 0.1) is 0 Å². The predicted molar refractivity (Wildman–Crippen MR) is 59.2 cm³/mol. The second-order valence-electron chi connectivity index (χ2n) is 2.75. The van der Waals surface area contributed by atoms with Gasteiger partial charge in [-0.2, -0.15) is 0 Å². The van der Waals surface area contributed by atoms with E-state index in [-0.39, 0.29) is 12.2 Å². The van der Waals surface area contributed by atoms with Crippen LogP contribution in [0.25, 0.3) is 0 Å². The van der Waals surface area contributed by atoms with Crippen molar-refractivity contribution in [1.82, 2.24) is 0 Å². The second kappa shape index (κ2) is 5.27. The SMILES string of the molecule is O=Cc1cc(Br)cc(C(=O)CCCl)c1. The molecule has 2 nitrogen and oxygen atoms in total. The van der Waals surface area contributed by atoms with Gasteiger partial charge in [-0.3, -0.25) is 9.59 Å². The Labute approximate surface area is 95.4 Å². The van der Waals surface area contributed by atoms with Crippen molar-refractivity contribution in [2.75, 3.05) is 5.88 Å². The Kier molecular flexibility index (Phi) is 4.29. The van der Waals surface area contributed by atoms with Crippen molar-refractivity contribution in [1.29, 1.82) is 0 Å². The molecule has 1 rings (SSSR count). The molecular formula is C10H8BrClO2. The van der Waals surface area contributed by atoms with E-state index in [1.165, 1.54) is 0 Å². The first-order valence-electron chi connectivity index (χ1n) is 4.02. The number of benzene rings is 1. The standard InChI is InChI=1S/C10H8BrClO2/c11-9-4-7(6-13)3-8(5-9)10(14)1-2-12/h3-6H,1-2H2. The molecule has 74 valence electrons. The third-order valence-corrected chi connectivity index (χ3v) is 2.35. The van der Waals surface area contributed by atoms with Crippen molar-refractivity contribution in [2.45, 2.75) is 6.42 Å². The minimum Gasteiger partial charge on any atom is -0.298 e. The Morgan fingerprint density at radius 1 is 1.43 bits per heavy atom. The van der Waals surface area contributed by atoms with Crippen LogP contribution in [0.5, 0.6) is 0 Å². The molecule has 0 aliphatic rings. The van der Waals surface area contributed by atoms with Crippen molar-refractivity contribution in [3.63, 3.8) is 0 Å². The van der Waals surface area contributed by atoms with E-state index in [1.807, 2.05) is 0 Å². The van der Waals surface area contributed by atoms with Gasteiger partial charge in [-0.15, -0.1) is 11.6 Å². The first kappa shape index (κ1) is 11.4. The minimum absolute atomic E-state index is 0.0515. The normalized spacial score (nSPS) is 9.86. The summed E-state index contributed by atoms with van der Waals surface area (Å²) >= 11 is 8.69. The maximum atomic E-state index is 11.4. The summed E-state index contributed by atoms with van der Waals surface area (Å²) in [6, 6.07) is 4.90. The minimum atomic E-state index is -0.0515. The van der Waals surface area contributed by atoms with Gasteiger partial charge in [-0.25, -0.2) is 0 Å². The summed E-state index contributed by atoms with van der Waals surface area (Å²) in [4.78, 5) is 22.0. The molecule has 0 spiro atoms. The molecule has 14 heavy (non-hydrogen) atoms. The summed E-state index contributed by atoms with van der Waals surface area (Å²) in [6.45, 7) is 0. The molecule has 0 saturated heterocycles.